The molecule has 0 spiro atoms. The second-order valence-corrected chi connectivity index (χ2v) is 6.44. The van der Waals surface area contributed by atoms with Crippen LogP contribution >= 0.6 is 0 Å². The fourth-order valence-corrected chi connectivity index (χ4v) is 3.01. The number of halogens is 1. The van der Waals surface area contributed by atoms with Crippen LogP contribution in [0.2, 0.25) is 0 Å². The zero-order valence-electron chi connectivity index (χ0n) is 15.1. The molecule has 3 rings (SSSR count). The Morgan fingerprint density at radius 1 is 1.22 bits per heavy atom. The number of carbonyl (C=O) groups excluding carboxylic acids is 1. The van der Waals surface area contributed by atoms with E-state index in [1.807, 2.05) is 30.3 Å². The monoisotopic (exact) mass is 367 g/mol. The van der Waals surface area contributed by atoms with Crippen molar-refractivity contribution in [2.24, 2.45) is 7.05 Å². The van der Waals surface area contributed by atoms with Gasteiger partial charge in [-0.2, -0.15) is 5.10 Å². The molecule has 0 aliphatic heterocycles. The molecule has 1 heterocycles. The number of aromatic nitrogens is 2. The van der Waals surface area contributed by atoms with E-state index >= 15 is 0 Å². The van der Waals surface area contributed by atoms with Crippen LogP contribution < -0.4 is 5.32 Å². The zero-order valence-corrected chi connectivity index (χ0v) is 15.1. The molecule has 6 heteroatoms. The second kappa shape index (κ2) is 8.60. The smallest absolute Gasteiger partial charge is 0.254 e. The number of aryl methyl sites for hydroxylation is 1. The van der Waals surface area contributed by atoms with Crippen LogP contribution in [0.15, 0.2) is 60.8 Å². The lowest BCUT2D eigenvalue weighted by Crippen LogP contribution is -2.30. The van der Waals surface area contributed by atoms with Gasteiger partial charge < -0.3 is 10.4 Å². The van der Waals surface area contributed by atoms with Crippen LogP contribution in [0.1, 0.15) is 33.1 Å². The van der Waals surface area contributed by atoms with E-state index in [0.717, 1.165) is 11.3 Å². The number of benzene rings is 2. The second-order valence-electron chi connectivity index (χ2n) is 6.44. The van der Waals surface area contributed by atoms with Crippen molar-refractivity contribution in [2.75, 3.05) is 13.2 Å². The third-order valence-electron chi connectivity index (χ3n) is 4.57. The fourth-order valence-electron chi connectivity index (χ4n) is 3.01. The van der Waals surface area contributed by atoms with Gasteiger partial charge in [-0.25, -0.2) is 4.39 Å². The van der Waals surface area contributed by atoms with Crippen molar-refractivity contribution in [3.8, 4) is 0 Å². The summed E-state index contributed by atoms with van der Waals surface area (Å²) < 4.78 is 15.1. The van der Waals surface area contributed by atoms with Gasteiger partial charge in [0.05, 0.1) is 24.1 Å². The molecule has 0 fully saturated rings. The Hall–Kier alpha value is -2.99. The SMILES string of the molecule is Cn1ncc(C(=O)NCC(CO)c2cccc(F)c2)c1Cc1ccccc1. The average molecular weight is 367 g/mol. The first-order valence-corrected chi connectivity index (χ1v) is 8.77. The van der Waals surface area contributed by atoms with Crippen LogP contribution in [0.3, 0.4) is 0 Å². The molecule has 0 saturated heterocycles. The van der Waals surface area contributed by atoms with Crippen LogP contribution in [0.5, 0.6) is 0 Å². The molecule has 0 aliphatic carbocycles. The summed E-state index contributed by atoms with van der Waals surface area (Å²) in [5.74, 6) is -1.00. The topological polar surface area (TPSA) is 67.2 Å². The molecule has 2 N–H and O–H groups in total. The number of nitrogens with one attached hydrogen (secondary N) is 1. The van der Waals surface area contributed by atoms with Crippen LogP contribution in [0, 0.1) is 5.82 Å². The van der Waals surface area contributed by atoms with Gasteiger partial charge in [-0.15, -0.1) is 0 Å². The number of amides is 1. The third-order valence-corrected chi connectivity index (χ3v) is 4.57. The highest BCUT2D eigenvalue weighted by molar-refractivity contribution is 5.95. The normalized spacial score (nSPS) is 12.0. The van der Waals surface area contributed by atoms with Gasteiger partial charge in [-0.3, -0.25) is 9.48 Å². The maximum Gasteiger partial charge on any atom is 0.254 e. The molecule has 140 valence electrons. The number of aliphatic hydroxyl groups excluding tert-OH is 1. The van der Waals surface area contributed by atoms with Gasteiger partial charge >= 0.3 is 0 Å². The van der Waals surface area contributed by atoms with Crippen LogP contribution in [-0.4, -0.2) is 33.9 Å². The first kappa shape index (κ1) is 18.8. The van der Waals surface area contributed by atoms with Gasteiger partial charge in [-0.05, 0) is 23.3 Å². The van der Waals surface area contributed by atoms with Gasteiger partial charge in [0.25, 0.3) is 5.91 Å². The Bertz CT molecular complexity index is 909. The summed E-state index contributed by atoms with van der Waals surface area (Å²) in [6, 6.07) is 15.9. The van der Waals surface area contributed by atoms with E-state index in [9.17, 15) is 14.3 Å². The van der Waals surface area contributed by atoms with Crippen molar-refractivity contribution in [3.05, 3.63) is 89.0 Å². The van der Waals surface area contributed by atoms with E-state index in [1.54, 1.807) is 30.1 Å². The number of hydrogen-bond donors (Lipinski definition) is 2. The average Bonchev–Trinajstić information content (AvgIpc) is 3.03. The molecule has 0 bridgehead atoms. The van der Waals surface area contributed by atoms with E-state index in [4.69, 9.17) is 0 Å². The molecule has 5 nitrogen and oxygen atoms in total. The van der Waals surface area contributed by atoms with Crippen LogP contribution in [-0.2, 0) is 13.5 Å². The highest BCUT2D eigenvalue weighted by Gasteiger charge is 2.18. The van der Waals surface area contributed by atoms with Crippen molar-refractivity contribution in [1.82, 2.24) is 15.1 Å². The van der Waals surface area contributed by atoms with E-state index in [-0.39, 0.29) is 30.8 Å². The molecule has 0 radical (unpaired) electrons. The molecule has 27 heavy (non-hydrogen) atoms. The molecule has 1 unspecified atom stereocenters. The lowest BCUT2D eigenvalue weighted by molar-refractivity contribution is 0.0946. The number of rotatable bonds is 7. The Kier molecular flexibility index (Phi) is 5.98. The predicted octanol–water partition coefficient (Wildman–Crippen LogP) is 2.66. The maximum absolute atomic E-state index is 13.4. The molecule has 1 atom stereocenters. The molecular weight excluding hydrogens is 345 g/mol. The summed E-state index contributed by atoms with van der Waals surface area (Å²) in [5.41, 5.74) is 3.04. The number of nitrogens with zero attached hydrogens (tertiary/aromatic N) is 2. The first-order valence-electron chi connectivity index (χ1n) is 8.77. The fraction of sp³-hybridized carbons (Fsp3) is 0.238. The van der Waals surface area contributed by atoms with Gasteiger partial charge in [-0.1, -0.05) is 42.5 Å². The van der Waals surface area contributed by atoms with Crippen molar-refractivity contribution < 1.29 is 14.3 Å². The summed E-state index contributed by atoms with van der Waals surface area (Å²) in [6.07, 6.45) is 2.14. The molecule has 1 aromatic heterocycles. The standard InChI is InChI=1S/C21H22FN3O2/c1-25-20(10-15-6-3-2-4-7-15)19(13-24-25)21(27)23-12-17(14-26)16-8-5-9-18(22)11-16/h2-9,11,13,17,26H,10,12,14H2,1H3,(H,23,27). The zero-order chi connectivity index (χ0) is 19.2. The summed E-state index contributed by atoms with van der Waals surface area (Å²) >= 11 is 0. The van der Waals surface area contributed by atoms with Gasteiger partial charge in [0.15, 0.2) is 0 Å². The van der Waals surface area contributed by atoms with Crippen molar-refractivity contribution in [1.29, 1.82) is 0 Å². The van der Waals surface area contributed by atoms with E-state index in [1.165, 1.54) is 12.1 Å². The van der Waals surface area contributed by atoms with Crippen LogP contribution in [0.4, 0.5) is 4.39 Å². The predicted molar refractivity (Wildman–Crippen MR) is 101 cm³/mol. The molecule has 2 aromatic carbocycles. The van der Waals surface area contributed by atoms with E-state index < -0.39 is 0 Å². The van der Waals surface area contributed by atoms with Gasteiger partial charge in [0.1, 0.15) is 5.82 Å². The largest absolute Gasteiger partial charge is 0.396 e. The van der Waals surface area contributed by atoms with Crippen LogP contribution in [0.25, 0.3) is 0 Å². The highest BCUT2D eigenvalue weighted by atomic mass is 19.1. The van der Waals surface area contributed by atoms with E-state index in [0.29, 0.717) is 17.5 Å². The first-order chi connectivity index (χ1) is 13.1. The lowest BCUT2D eigenvalue weighted by Gasteiger charge is -2.16. The number of carbonyl (C=O) groups is 1. The highest BCUT2D eigenvalue weighted by Crippen LogP contribution is 2.17. The third kappa shape index (κ3) is 4.60. The summed E-state index contributed by atoms with van der Waals surface area (Å²) in [5, 5.41) is 16.7. The quantitative estimate of drug-likeness (QED) is 0.675. The summed E-state index contributed by atoms with van der Waals surface area (Å²) in [7, 11) is 1.80. The number of aliphatic hydroxyl groups is 1. The minimum absolute atomic E-state index is 0.187. The lowest BCUT2D eigenvalue weighted by atomic mass is 9.99. The number of hydrogen-bond acceptors (Lipinski definition) is 3. The molecule has 0 saturated carbocycles. The minimum Gasteiger partial charge on any atom is -0.396 e. The minimum atomic E-state index is -0.376. The molecule has 1 amide bonds. The molecular formula is C21H22FN3O2. The van der Waals surface area contributed by atoms with E-state index in [2.05, 4.69) is 10.4 Å². The Balaban J connectivity index is 1.71. The molecule has 3 aromatic rings. The van der Waals surface area contributed by atoms with Crippen molar-refractivity contribution in [3.63, 3.8) is 0 Å². The summed E-state index contributed by atoms with van der Waals surface area (Å²) in [6.45, 7) is 0.0199. The Morgan fingerprint density at radius 3 is 2.70 bits per heavy atom. The Morgan fingerprint density at radius 2 is 2.00 bits per heavy atom. The van der Waals surface area contributed by atoms with Gasteiger partial charge in [0.2, 0.25) is 0 Å². The summed E-state index contributed by atoms with van der Waals surface area (Å²) in [4.78, 5) is 12.7. The Labute approximate surface area is 157 Å². The maximum atomic E-state index is 13.4. The van der Waals surface area contributed by atoms with Crippen molar-refractivity contribution >= 4 is 5.91 Å². The van der Waals surface area contributed by atoms with Gasteiger partial charge in [0, 0.05) is 25.9 Å². The molecule has 0 aliphatic rings. The van der Waals surface area contributed by atoms with Crippen molar-refractivity contribution in [2.45, 2.75) is 12.3 Å².